The molecule has 0 spiro atoms. The molecule has 2 aromatic carbocycles. The summed E-state index contributed by atoms with van der Waals surface area (Å²) in [7, 11) is -3.81. The topological polar surface area (TPSA) is 80.8 Å². The van der Waals surface area contributed by atoms with E-state index in [0.717, 1.165) is 5.56 Å². The summed E-state index contributed by atoms with van der Waals surface area (Å²) in [5.74, 6) is 0.592. The fourth-order valence-electron chi connectivity index (χ4n) is 2.94. The molecule has 0 fully saturated rings. The first kappa shape index (κ1) is 19.1. The SMILES string of the molecule is Cc1ccc(S(=O)(=O)Nc2nc3ccccc3nc2-n2cc[n+](C(C)C)c2)cc1. The van der Waals surface area contributed by atoms with Crippen molar-refractivity contribution in [3.63, 3.8) is 0 Å². The van der Waals surface area contributed by atoms with E-state index in [1.165, 1.54) is 0 Å². The lowest BCUT2D eigenvalue weighted by molar-refractivity contribution is -0.715. The smallest absolute Gasteiger partial charge is 0.258 e. The van der Waals surface area contributed by atoms with Crippen molar-refractivity contribution in [2.45, 2.75) is 31.7 Å². The van der Waals surface area contributed by atoms with Gasteiger partial charge >= 0.3 is 0 Å². The number of para-hydroxylation sites is 2. The maximum Gasteiger partial charge on any atom is 0.270 e. The number of sulfonamides is 1. The van der Waals surface area contributed by atoms with Crippen LogP contribution in [-0.4, -0.2) is 23.0 Å². The van der Waals surface area contributed by atoms with E-state index in [1.54, 1.807) is 34.9 Å². The molecular formula is C21H22N5O2S+. The Balaban J connectivity index is 1.84. The van der Waals surface area contributed by atoms with Crippen molar-refractivity contribution in [3.8, 4) is 5.82 Å². The molecule has 0 radical (unpaired) electrons. The standard InChI is InChI=1S/C21H22N5O2S/c1-15(2)25-12-13-26(14-25)21-20(22-18-6-4-5-7-19(18)23-21)24-29(27,28)17-10-8-16(3)9-11-17/h4-15H,1-3H3,(H,22,24)/q+1. The third kappa shape index (κ3) is 3.84. The predicted molar refractivity (Wildman–Crippen MR) is 111 cm³/mol. The lowest BCUT2D eigenvalue weighted by Crippen LogP contribution is -2.33. The maximum atomic E-state index is 13.0. The van der Waals surface area contributed by atoms with Crippen LogP contribution in [-0.2, 0) is 10.0 Å². The van der Waals surface area contributed by atoms with Gasteiger partial charge in [-0.15, -0.1) is 0 Å². The van der Waals surface area contributed by atoms with Gasteiger partial charge in [0.25, 0.3) is 22.2 Å². The summed E-state index contributed by atoms with van der Waals surface area (Å²) in [6, 6.07) is 14.3. The highest BCUT2D eigenvalue weighted by atomic mass is 32.2. The predicted octanol–water partition coefficient (Wildman–Crippen LogP) is 3.40. The minimum absolute atomic E-state index is 0.175. The fraction of sp³-hybridized carbons (Fsp3) is 0.190. The molecule has 148 valence electrons. The summed E-state index contributed by atoms with van der Waals surface area (Å²) in [6.07, 6.45) is 5.62. The van der Waals surface area contributed by atoms with Gasteiger partial charge in [-0.3, -0.25) is 4.72 Å². The quantitative estimate of drug-likeness (QED) is 0.513. The number of nitrogens with one attached hydrogen (secondary N) is 1. The van der Waals surface area contributed by atoms with E-state index < -0.39 is 10.0 Å². The van der Waals surface area contributed by atoms with E-state index >= 15 is 0 Å². The average molecular weight is 409 g/mol. The molecule has 29 heavy (non-hydrogen) atoms. The molecule has 0 saturated heterocycles. The minimum Gasteiger partial charge on any atom is -0.258 e. The van der Waals surface area contributed by atoms with Gasteiger partial charge in [-0.25, -0.2) is 23.0 Å². The van der Waals surface area contributed by atoms with Gasteiger partial charge in [-0.1, -0.05) is 29.8 Å². The highest BCUT2D eigenvalue weighted by Gasteiger charge is 2.23. The van der Waals surface area contributed by atoms with Crippen LogP contribution in [0.3, 0.4) is 0 Å². The van der Waals surface area contributed by atoms with Crippen molar-refractivity contribution >= 4 is 26.9 Å². The fourth-order valence-corrected chi connectivity index (χ4v) is 3.95. The zero-order valence-electron chi connectivity index (χ0n) is 16.4. The van der Waals surface area contributed by atoms with Gasteiger partial charge in [0.1, 0.15) is 12.4 Å². The molecule has 0 amide bonds. The highest BCUT2D eigenvalue weighted by molar-refractivity contribution is 7.92. The molecule has 0 bridgehead atoms. The number of fused-ring (bicyclic) bond motifs is 1. The summed E-state index contributed by atoms with van der Waals surface area (Å²) in [6.45, 7) is 6.04. The lowest BCUT2D eigenvalue weighted by atomic mass is 10.2. The van der Waals surface area contributed by atoms with Crippen LogP contribution in [0.15, 0.2) is 72.1 Å². The molecule has 4 rings (SSSR count). The second-order valence-electron chi connectivity index (χ2n) is 7.16. The Labute approximate surface area is 169 Å². The van der Waals surface area contributed by atoms with Gasteiger partial charge in [0, 0.05) is 0 Å². The Hall–Kier alpha value is -3.26. The van der Waals surface area contributed by atoms with E-state index in [0.29, 0.717) is 16.9 Å². The molecule has 4 aromatic rings. The molecule has 2 aromatic heterocycles. The monoisotopic (exact) mass is 408 g/mol. The number of benzene rings is 2. The number of nitrogens with zero attached hydrogens (tertiary/aromatic N) is 4. The van der Waals surface area contributed by atoms with E-state index in [1.807, 2.05) is 48.4 Å². The molecule has 0 unspecified atom stereocenters. The van der Waals surface area contributed by atoms with Gasteiger partial charge in [0.2, 0.25) is 5.82 Å². The molecule has 2 heterocycles. The van der Waals surface area contributed by atoms with Gasteiger partial charge in [-0.05, 0) is 45.0 Å². The molecular weight excluding hydrogens is 386 g/mol. The van der Waals surface area contributed by atoms with Crippen molar-refractivity contribution < 1.29 is 13.0 Å². The number of aromatic nitrogens is 4. The summed E-state index contributed by atoms with van der Waals surface area (Å²) in [5.41, 5.74) is 2.29. The summed E-state index contributed by atoms with van der Waals surface area (Å²) >= 11 is 0. The molecule has 0 atom stereocenters. The van der Waals surface area contributed by atoms with Crippen molar-refractivity contribution in [2.24, 2.45) is 0 Å². The first-order chi connectivity index (χ1) is 13.8. The van der Waals surface area contributed by atoms with Gasteiger partial charge in [-0.2, -0.15) is 4.57 Å². The van der Waals surface area contributed by atoms with Crippen LogP contribution in [0.2, 0.25) is 0 Å². The zero-order chi connectivity index (χ0) is 20.6. The van der Waals surface area contributed by atoms with Crippen molar-refractivity contribution in [1.29, 1.82) is 0 Å². The van der Waals surface area contributed by atoms with Gasteiger partial charge in [0.15, 0.2) is 0 Å². The maximum absolute atomic E-state index is 13.0. The van der Waals surface area contributed by atoms with Crippen LogP contribution in [0, 0.1) is 6.92 Å². The Morgan fingerprint density at radius 3 is 2.28 bits per heavy atom. The highest BCUT2D eigenvalue weighted by Crippen LogP contribution is 2.23. The van der Waals surface area contributed by atoms with E-state index in [4.69, 9.17) is 0 Å². The zero-order valence-corrected chi connectivity index (χ0v) is 17.3. The summed E-state index contributed by atoms with van der Waals surface area (Å²) in [5, 5.41) is 0. The van der Waals surface area contributed by atoms with Gasteiger partial charge < -0.3 is 0 Å². The molecule has 1 N–H and O–H groups in total. The van der Waals surface area contributed by atoms with Gasteiger partial charge in [0.05, 0.1) is 22.0 Å². The number of aryl methyl sites for hydroxylation is 1. The molecule has 8 heteroatoms. The van der Waals surface area contributed by atoms with Crippen LogP contribution in [0.25, 0.3) is 16.9 Å². The van der Waals surface area contributed by atoms with Crippen molar-refractivity contribution in [2.75, 3.05) is 4.72 Å². The number of hydrogen-bond donors (Lipinski definition) is 1. The van der Waals surface area contributed by atoms with E-state index in [9.17, 15) is 8.42 Å². The molecule has 0 aliphatic rings. The van der Waals surface area contributed by atoms with Crippen molar-refractivity contribution in [1.82, 2.24) is 14.5 Å². The Morgan fingerprint density at radius 1 is 1.00 bits per heavy atom. The van der Waals surface area contributed by atoms with Crippen LogP contribution in [0.1, 0.15) is 25.5 Å². The first-order valence-corrected chi connectivity index (χ1v) is 10.8. The van der Waals surface area contributed by atoms with Crippen LogP contribution >= 0.6 is 0 Å². The molecule has 0 aliphatic heterocycles. The molecule has 0 aliphatic carbocycles. The number of rotatable bonds is 5. The Kier molecular flexibility index (Phi) is 4.79. The number of hydrogen-bond acceptors (Lipinski definition) is 4. The van der Waals surface area contributed by atoms with E-state index in [-0.39, 0.29) is 16.8 Å². The number of imidazole rings is 1. The van der Waals surface area contributed by atoms with Crippen molar-refractivity contribution in [3.05, 3.63) is 72.8 Å². The largest absolute Gasteiger partial charge is 0.270 e. The minimum atomic E-state index is -3.81. The van der Waals surface area contributed by atoms with Crippen LogP contribution in [0.5, 0.6) is 0 Å². The number of anilines is 1. The third-order valence-corrected chi connectivity index (χ3v) is 5.97. The van der Waals surface area contributed by atoms with Crippen LogP contribution in [0.4, 0.5) is 5.82 Å². The second-order valence-corrected chi connectivity index (χ2v) is 8.85. The Morgan fingerprint density at radius 2 is 1.66 bits per heavy atom. The summed E-state index contributed by atoms with van der Waals surface area (Å²) < 4.78 is 32.3. The third-order valence-electron chi connectivity index (χ3n) is 4.61. The second kappa shape index (κ2) is 7.29. The first-order valence-electron chi connectivity index (χ1n) is 9.29. The molecule has 7 nitrogen and oxygen atoms in total. The molecule has 0 saturated carbocycles. The normalized spacial score (nSPS) is 11.9. The lowest BCUT2D eigenvalue weighted by Gasteiger charge is -2.10. The van der Waals surface area contributed by atoms with E-state index in [2.05, 4.69) is 28.5 Å². The van der Waals surface area contributed by atoms with Crippen LogP contribution < -0.4 is 9.29 Å². The average Bonchev–Trinajstić information content (AvgIpc) is 3.18. The summed E-state index contributed by atoms with van der Waals surface area (Å²) in [4.78, 5) is 9.40. The Bertz CT molecular complexity index is 1280.